The van der Waals surface area contributed by atoms with Crippen LogP contribution in [0.5, 0.6) is 11.5 Å². The fourth-order valence-electron chi connectivity index (χ4n) is 4.21. The van der Waals surface area contributed by atoms with Gasteiger partial charge in [-0.3, -0.25) is 0 Å². The molecule has 3 aliphatic rings. The molecule has 2 heterocycles. The number of ether oxygens (including phenoxy) is 2. The standard InChI is InChI=1S/C20H16BrNO4/c21-15-8-18-17(25-9-26-18)7-14(15)19-12-3-1-2-11(12)13-6-10(20(23)24)4-5-16(13)22-19/h1-2,4-8,11-12,19,22H,3,9H2,(H,23,24)/t11-,12-,19+/m0/s1. The molecule has 0 bridgehead atoms. The van der Waals surface area contributed by atoms with Crippen LogP contribution in [-0.4, -0.2) is 17.9 Å². The van der Waals surface area contributed by atoms with Crippen LogP contribution in [0.15, 0.2) is 47.0 Å². The summed E-state index contributed by atoms with van der Waals surface area (Å²) >= 11 is 3.68. The van der Waals surface area contributed by atoms with Gasteiger partial charge in [-0.05, 0) is 53.8 Å². The molecule has 132 valence electrons. The molecule has 2 aromatic rings. The summed E-state index contributed by atoms with van der Waals surface area (Å²) in [7, 11) is 0. The number of fused-ring (bicyclic) bond motifs is 4. The second-order valence-electron chi connectivity index (χ2n) is 6.81. The van der Waals surface area contributed by atoms with E-state index < -0.39 is 5.97 Å². The zero-order chi connectivity index (χ0) is 17.8. The lowest BCUT2D eigenvalue weighted by Crippen LogP contribution is -2.29. The summed E-state index contributed by atoms with van der Waals surface area (Å²) in [5, 5.41) is 12.9. The topological polar surface area (TPSA) is 67.8 Å². The zero-order valence-electron chi connectivity index (χ0n) is 13.7. The first kappa shape index (κ1) is 15.8. The highest BCUT2D eigenvalue weighted by Crippen LogP contribution is 2.52. The molecule has 0 amide bonds. The predicted molar refractivity (Wildman–Crippen MR) is 100 cm³/mol. The van der Waals surface area contributed by atoms with Crippen LogP contribution in [0.4, 0.5) is 5.69 Å². The normalized spacial score (nSPS) is 24.7. The molecule has 3 atom stereocenters. The molecule has 0 saturated carbocycles. The monoisotopic (exact) mass is 413 g/mol. The Morgan fingerprint density at radius 3 is 2.77 bits per heavy atom. The number of aromatic carboxylic acids is 1. The van der Waals surface area contributed by atoms with Gasteiger partial charge in [0, 0.05) is 16.1 Å². The Kier molecular flexibility index (Phi) is 3.50. The van der Waals surface area contributed by atoms with Crippen LogP contribution < -0.4 is 14.8 Å². The van der Waals surface area contributed by atoms with Crippen molar-refractivity contribution in [2.24, 2.45) is 5.92 Å². The summed E-state index contributed by atoms with van der Waals surface area (Å²) in [6.45, 7) is 0.248. The fourth-order valence-corrected chi connectivity index (χ4v) is 4.78. The SMILES string of the molecule is O=C(O)c1ccc2c(c1)[C@H]1C=CC[C@@H]1[C@H](c1cc3c(cc1Br)OCO3)N2. The molecule has 0 aromatic heterocycles. The van der Waals surface area contributed by atoms with Gasteiger partial charge in [-0.15, -0.1) is 0 Å². The molecule has 2 N–H and O–H groups in total. The number of carbonyl (C=O) groups is 1. The van der Waals surface area contributed by atoms with Gasteiger partial charge in [-0.2, -0.15) is 0 Å². The minimum absolute atomic E-state index is 0.0991. The van der Waals surface area contributed by atoms with Gasteiger partial charge in [0.1, 0.15) is 0 Å². The van der Waals surface area contributed by atoms with Crippen molar-refractivity contribution >= 4 is 27.6 Å². The predicted octanol–water partition coefficient (Wildman–Crippen LogP) is 4.70. The van der Waals surface area contributed by atoms with Gasteiger partial charge in [0.15, 0.2) is 11.5 Å². The van der Waals surface area contributed by atoms with E-state index in [2.05, 4.69) is 33.4 Å². The number of hydrogen-bond donors (Lipinski definition) is 2. The fraction of sp³-hybridized carbons (Fsp3) is 0.250. The van der Waals surface area contributed by atoms with E-state index in [0.717, 1.165) is 39.2 Å². The summed E-state index contributed by atoms with van der Waals surface area (Å²) in [5.74, 6) is 1.15. The van der Waals surface area contributed by atoms with Gasteiger partial charge in [-0.1, -0.05) is 28.1 Å². The van der Waals surface area contributed by atoms with Crippen LogP contribution in [0, 0.1) is 5.92 Å². The third-order valence-corrected chi connectivity index (χ3v) is 6.12. The van der Waals surface area contributed by atoms with E-state index in [-0.39, 0.29) is 18.8 Å². The van der Waals surface area contributed by atoms with Crippen molar-refractivity contribution in [2.45, 2.75) is 18.4 Å². The van der Waals surface area contributed by atoms with Crippen LogP contribution in [0.1, 0.15) is 39.9 Å². The Morgan fingerprint density at radius 2 is 1.96 bits per heavy atom. The van der Waals surface area contributed by atoms with Gasteiger partial charge in [0.25, 0.3) is 0 Å². The van der Waals surface area contributed by atoms with Crippen molar-refractivity contribution in [3.05, 3.63) is 63.6 Å². The summed E-state index contributed by atoms with van der Waals surface area (Å²) in [6, 6.07) is 9.41. The van der Waals surface area contributed by atoms with E-state index in [1.54, 1.807) is 12.1 Å². The molecular formula is C20H16BrNO4. The minimum Gasteiger partial charge on any atom is -0.478 e. The number of benzene rings is 2. The van der Waals surface area contributed by atoms with Crippen molar-refractivity contribution in [3.63, 3.8) is 0 Å². The molecule has 5 nitrogen and oxygen atoms in total. The quantitative estimate of drug-likeness (QED) is 0.698. The third kappa shape index (κ3) is 2.32. The number of hydrogen-bond acceptors (Lipinski definition) is 4. The second-order valence-corrected chi connectivity index (χ2v) is 7.66. The smallest absolute Gasteiger partial charge is 0.335 e. The molecule has 2 aromatic carbocycles. The van der Waals surface area contributed by atoms with Crippen molar-refractivity contribution in [1.82, 2.24) is 0 Å². The third-order valence-electron chi connectivity index (χ3n) is 5.44. The molecule has 1 aliphatic carbocycles. The molecule has 0 unspecified atom stereocenters. The lowest BCUT2D eigenvalue weighted by atomic mass is 9.76. The number of allylic oxidation sites excluding steroid dienone is 2. The first-order valence-electron chi connectivity index (χ1n) is 8.51. The number of halogens is 1. The van der Waals surface area contributed by atoms with Crippen molar-refractivity contribution in [2.75, 3.05) is 12.1 Å². The summed E-state index contributed by atoms with van der Waals surface area (Å²) < 4.78 is 12.0. The Morgan fingerprint density at radius 1 is 1.15 bits per heavy atom. The van der Waals surface area contributed by atoms with Gasteiger partial charge in [0.2, 0.25) is 6.79 Å². The number of anilines is 1. The molecule has 6 heteroatoms. The maximum atomic E-state index is 11.3. The Labute approximate surface area is 158 Å². The molecule has 0 radical (unpaired) electrons. The lowest BCUT2D eigenvalue weighted by Gasteiger charge is -2.38. The highest BCUT2D eigenvalue weighted by molar-refractivity contribution is 9.10. The first-order valence-corrected chi connectivity index (χ1v) is 9.30. The van der Waals surface area contributed by atoms with E-state index >= 15 is 0 Å². The average molecular weight is 414 g/mol. The largest absolute Gasteiger partial charge is 0.478 e. The molecule has 0 saturated heterocycles. The van der Waals surface area contributed by atoms with E-state index in [4.69, 9.17) is 9.47 Å². The number of nitrogens with one attached hydrogen (secondary N) is 1. The van der Waals surface area contributed by atoms with Gasteiger partial charge < -0.3 is 19.9 Å². The van der Waals surface area contributed by atoms with Gasteiger partial charge >= 0.3 is 5.97 Å². The van der Waals surface area contributed by atoms with Crippen LogP contribution in [-0.2, 0) is 0 Å². The average Bonchev–Trinajstić information content (AvgIpc) is 3.29. The Bertz CT molecular complexity index is 955. The van der Waals surface area contributed by atoms with Crippen LogP contribution in [0.3, 0.4) is 0 Å². The molecule has 26 heavy (non-hydrogen) atoms. The van der Waals surface area contributed by atoms with Crippen molar-refractivity contribution in [3.8, 4) is 11.5 Å². The molecule has 2 aliphatic heterocycles. The number of carboxylic acid groups (broad SMARTS) is 1. The molecular weight excluding hydrogens is 398 g/mol. The van der Waals surface area contributed by atoms with E-state index in [1.165, 1.54) is 0 Å². The van der Waals surface area contributed by atoms with E-state index in [0.29, 0.717) is 11.5 Å². The summed E-state index contributed by atoms with van der Waals surface area (Å²) in [4.78, 5) is 11.3. The minimum atomic E-state index is -0.896. The lowest BCUT2D eigenvalue weighted by molar-refractivity contribution is 0.0696. The van der Waals surface area contributed by atoms with E-state index in [1.807, 2.05) is 18.2 Å². The molecule has 5 rings (SSSR count). The maximum Gasteiger partial charge on any atom is 0.335 e. The highest BCUT2D eigenvalue weighted by atomic mass is 79.9. The number of rotatable bonds is 2. The second kappa shape index (κ2) is 5.77. The van der Waals surface area contributed by atoms with Crippen LogP contribution in [0.25, 0.3) is 0 Å². The van der Waals surface area contributed by atoms with Crippen molar-refractivity contribution < 1.29 is 19.4 Å². The van der Waals surface area contributed by atoms with Crippen LogP contribution >= 0.6 is 15.9 Å². The Hall–Kier alpha value is -2.47. The summed E-state index contributed by atoms with van der Waals surface area (Å²) in [5.41, 5.74) is 3.49. The zero-order valence-corrected chi connectivity index (χ0v) is 15.3. The maximum absolute atomic E-state index is 11.3. The molecule has 0 fully saturated rings. The van der Waals surface area contributed by atoms with Crippen molar-refractivity contribution in [1.29, 1.82) is 0 Å². The van der Waals surface area contributed by atoms with E-state index in [9.17, 15) is 9.90 Å². The first-order chi connectivity index (χ1) is 12.6. The number of carboxylic acids is 1. The van der Waals surface area contributed by atoms with Crippen LogP contribution in [0.2, 0.25) is 0 Å². The van der Waals surface area contributed by atoms with Gasteiger partial charge in [0.05, 0.1) is 11.6 Å². The molecule has 0 spiro atoms. The highest BCUT2D eigenvalue weighted by Gasteiger charge is 2.39. The summed E-state index contributed by atoms with van der Waals surface area (Å²) in [6.07, 6.45) is 5.33. The Balaban J connectivity index is 1.59. The van der Waals surface area contributed by atoms with Gasteiger partial charge in [-0.25, -0.2) is 4.79 Å².